The van der Waals surface area contributed by atoms with E-state index in [1.807, 2.05) is 18.2 Å². The van der Waals surface area contributed by atoms with Crippen molar-refractivity contribution in [2.45, 2.75) is 32.7 Å². The van der Waals surface area contributed by atoms with E-state index in [-0.39, 0.29) is 30.3 Å². The molecule has 0 radical (unpaired) electrons. The van der Waals surface area contributed by atoms with Crippen molar-refractivity contribution in [1.82, 2.24) is 4.57 Å². The second kappa shape index (κ2) is 7.49. The molecule has 2 aromatic heterocycles. The highest BCUT2D eigenvalue weighted by atomic mass is 16.4. The Labute approximate surface area is 154 Å². The van der Waals surface area contributed by atoms with E-state index < -0.39 is 11.9 Å². The van der Waals surface area contributed by atoms with E-state index in [1.54, 1.807) is 25.1 Å². The van der Waals surface area contributed by atoms with E-state index >= 15 is 0 Å². The summed E-state index contributed by atoms with van der Waals surface area (Å²) in [6, 6.07) is 10.7. The maximum absolute atomic E-state index is 13.0. The van der Waals surface area contributed by atoms with E-state index in [1.165, 1.54) is 4.57 Å². The lowest BCUT2D eigenvalue weighted by molar-refractivity contribution is -0.137. The first-order chi connectivity index (χ1) is 12.9. The minimum atomic E-state index is -1.06. The summed E-state index contributed by atoms with van der Waals surface area (Å²) in [5.41, 5.74) is 1.63. The summed E-state index contributed by atoms with van der Waals surface area (Å²) in [4.78, 5) is 35.2. The molecule has 2 heterocycles. The summed E-state index contributed by atoms with van der Waals surface area (Å²) in [6.45, 7) is 1.98. The molecule has 7 nitrogen and oxygen atoms in total. The van der Waals surface area contributed by atoms with Gasteiger partial charge >= 0.3 is 11.9 Å². The van der Waals surface area contributed by atoms with Gasteiger partial charge in [-0.25, -0.2) is 0 Å². The molecule has 7 heteroatoms. The number of aliphatic carboxylic acids is 2. The summed E-state index contributed by atoms with van der Waals surface area (Å²) >= 11 is 0. The minimum absolute atomic E-state index is 0.0491. The van der Waals surface area contributed by atoms with E-state index in [4.69, 9.17) is 9.52 Å². The molecular weight excluding hydrogens is 350 g/mol. The third kappa shape index (κ3) is 3.76. The summed E-state index contributed by atoms with van der Waals surface area (Å²) < 4.78 is 7.35. The zero-order valence-corrected chi connectivity index (χ0v) is 14.8. The lowest BCUT2D eigenvalue weighted by atomic mass is 10.0. The van der Waals surface area contributed by atoms with Crippen LogP contribution in [0, 0.1) is 6.92 Å². The molecule has 140 valence electrons. The van der Waals surface area contributed by atoms with Gasteiger partial charge in [-0.3, -0.25) is 14.4 Å². The molecule has 0 saturated carbocycles. The van der Waals surface area contributed by atoms with Crippen molar-refractivity contribution in [2.24, 2.45) is 0 Å². The summed E-state index contributed by atoms with van der Waals surface area (Å²) in [6.07, 6.45) is -0.0869. The van der Waals surface area contributed by atoms with Gasteiger partial charge in [0.05, 0.1) is 11.8 Å². The lowest BCUT2D eigenvalue weighted by Crippen LogP contribution is -2.23. The Bertz CT molecular complexity index is 1060. The average Bonchev–Trinajstić information content (AvgIpc) is 2.96. The third-order valence-corrected chi connectivity index (χ3v) is 4.40. The molecule has 0 spiro atoms. The molecule has 0 fully saturated rings. The number of carbonyl (C=O) groups is 2. The Morgan fingerprint density at radius 3 is 2.44 bits per heavy atom. The highest BCUT2D eigenvalue weighted by Gasteiger charge is 2.22. The van der Waals surface area contributed by atoms with Crippen molar-refractivity contribution in [1.29, 1.82) is 0 Å². The maximum atomic E-state index is 13.0. The second-order valence-electron chi connectivity index (χ2n) is 6.33. The number of nitrogens with zero attached hydrogens (tertiary/aromatic N) is 1. The van der Waals surface area contributed by atoms with Crippen LogP contribution in [0.1, 0.15) is 24.1 Å². The predicted octanol–water partition coefficient (Wildman–Crippen LogP) is 3.06. The van der Waals surface area contributed by atoms with E-state index in [0.29, 0.717) is 34.6 Å². The van der Waals surface area contributed by atoms with Crippen molar-refractivity contribution in [3.8, 4) is 11.3 Å². The Kier molecular flexibility index (Phi) is 5.12. The lowest BCUT2D eigenvalue weighted by Gasteiger charge is -2.09. The van der Waals surface area contributed by atoms with Crippen LogP contribution in [0.25, 0.3) is 22.3 Å². The molecular formula is C20H19NO6. The van der Waals surface area contributed by atoms with Crippen molar-refractivity contribution >= 4 is 22.9 Å². The van der Waals surface area contributed by atoms with Crippen LogP contribution in [0.4, 0.5) is 0 Å². The molecule has 0 amide bonds. The van der Waals surface area contributed by atoms with E-state index in [0.717, 1.165) is 0 Å². The van der Waals surface area contributed by atoms with Crippen LogP contribution in [0.15, 0.2) is 45.6 Å². The van der Waals surface area contributed by atoms with E-state index in [9.17, 15) is 19.5 Å². The summed E-state index contributed by atoms with van der Waals surface area (Å²) in [7, 11) is 0. The molecule has 2 N–H and O–H groups in total. The van der Waals surface area contributed by atoms with E-state index in [2.05, 4.69) is 0 Å². The zero-order valence-electron chi connectivity index (χ0n) is 14.8. The van der Waals surface area contributed by atoms with Crippen molar-refractivity contribution in [2.75, 3.05) is 0 Å². The van der Waals surface area contributed by atoms with Gasteiger partial charge in [-0.1, -0.05) is 30.3 Å². The molecule has 27 heavy (non-hydrogen) atoms. The normalized spacial score (nSPS) is 11.0. The number of aryl methyl sites for hydroxylation is 1. The van der Waals surface area contributed by atoms with Crippen LogP contribution in [-0.4, -0.2) is 26.7 Å². The highest BCUT2D eigenvalue weighted by Crippen LogP contribution is 2.32. The first-order valence-corrected chi connectivity index (χ1v) is 8.53. The predicted molar refractivity (Wildman–Crippen MR) is 98.9 cm³/mol. The molecule has 0 atom stereocenters. The van der Waals surface area contributed by atoms with Gasteiger partial charge in [0.1, 0.15) is 11.3 Å². The number of hydrogen-bond donors (Lipinski definition) is 2. The van der Waals surface area contributed by atoms with Crippen LogP contribution in [0.2, 0.25) is 0 Å². The van der Waals surface area contributed by atoms with Crippen molar-refractivity contribution in [3.63, 3.8) is 0 Å². The van der Waals surface area contributed by atoms with Crippen LogP contribution >= 0.6 is 0 Å². The number of aromatic nitrogens is 1. The number of fused-ring (bicyclic) bond motifs is 1. The van der Waals surface area contributed by atoms with Gasteiger partial charge in [0.2, 0.25) is 0 Å². The molecule has 0 aliphatic carbocycles. The number of hydrogen-bond acceptors (Lipinski definition) is 4. The topological polar surface area (TPSA) is 110 Å². The number of carboxylic acid groups (broad SMARTS) is 2. The number of pyridine rings is 1. The molecule has 3 aromatic rings. The number of furan rings is 1. The van der Waals surface area contributed by atoms with Gasteiger partial charge in [-0.2, -0.15) is 0 Å². The van der Waals surface area contributed by atoms with Gasteiger partial charge in [-0.15, -0.1) is 0 Å². The van der Waals surface area contributed by atoms with Crippen LogP contribution in [-0.2, 0) is 22.6 Å². The van der Waals surface area contributed by atoms with Crippen LogP contribution in [0.5, 0.6) is 0 Å². The smallest absolute Gasteiger partial charge is 0.307 e. The van der Waals surface area contributed by atoms with Gasteiger partial charge in [0.15, 0.2) is 0 Å². The van der Waals surface area contributed by atoms with Crippen LogP contribution < -0.4 is 5.56 Å². The molecule has 0 bridgehead atoms. The fraction of sp³-hybridized carbons (Fsp3) is 0.250. The number of benzene rings is 1. The van der Waals surface area contributed by atoms with Gasteiger partial charge in [0, 0.05) is 35.9 Å². The zero-order chi connectivity index (χ0) is 19.6. The quantitative estimate of drug-likeness (QED) is 0.662. The first-order valence-electron chi connectivity index (χ1n) is 8.53. The van der Waals surface area contributed by atoms with Gasteiger partial charge in [-0.05, 0) is 13.3 Å². The second-order valence-corrected chi connectivity index (χ2v) is 6.33. The molecule has 0 aliphatic heterocycles. The van der Waals surface area contributed by atoms with Crippen molar-refractivity contribution < 1.29 is 24.2 Å². The molecule has 0 aliphatic rings. The SMILES string of the molecule is Cc1cc2oc(-c3ccccc3)c(CC(=O)O)c2c(=O)n1CCCC(=O)O. The van der Waals surface area contributed by atoms with Crippen LogP contribution in [0.3, 0.4) is 0 Å². The summed E-state index contributed by atoms with van der Waals surface area (Å²) in [5.74, 6) is -1.62. The minimum Gasteiger partial charge on any atom is -0.481 e. The largest absolute Gasteiger partial charge is 0.481 e. The standard InChI is InChI=1S/C20H19NO6/c1-12-10-15-18(20(26)21(12)9-5-8-16(22)23)14(11-17(24)25)19(27-15)13-6-3-2-4-7-13/h2-4,6-7,10H,5,8-9,11H2,1H3,(H,22,23)(H,24,25). The Morgan fingerprint density at radius 1 is 1.11 bits per heavy atom. The van der Waals surface area contributed by atoms with Crippen molar-refractivity contribution in [3.05, 3.63) is 58.0 Å². The molecule has 3 rings (SSSR count). The highest BCUT2D eigenvalue weighted by molar-refractivity contribution is 5.91. The average molecular weight is 369 g/mol. The fourth-order valence-electron chi connectivity index (χ4n) is 3.19. The Morgan fingerprint density at radius 2 is 1.81 bits per heavy atom. The first kappa shape index (κ1) is 18.4. The number of carboxylic acids is 2. The Hall–Kier alpha value is -3.35. The molecule has 0 saturated heterocycles. The summed E-state index contributed by atoms with van der Waals surface area (Å²) in [5, 5.41) is 18.4. The third-order valence-electron chi connectivity index (χ3n) is 4.40. The maximum Gasteiger partial charge on any atom is 0.307 e. The molecule has 0 unspecified atom stereocenters. The Balaban J connectivity index is 2.19. The number of rotatable bonds is 7. The fourth-order valence-corrected chi connectivity index (χ4v) is 3.19. The molecule has 1 aromatic carbocycles. The van der Waals surface area contributed by atoms with Gasteiger partial charge in [0.25, 0.3) is 5.56 Å². The monoisotopic (exact) mass is 369 g/mol. The van der Waals surface area contributed by atoms with Gasteiger partial charge < -0.3 is 19.2 Å².